The number of nitrogens with zero attached hydrogens (tertiary/aromatic N) is 2. The van der Waals surface area contributed by atoms with E-state index in [0.29, 0.717) is 41.0 Å². The van der Waals surface area contributed by atoms with Crippen molar-refractivity contribution in [3.05, 3.63) is 71.8 Å². The van der Waals surface area contributed by atoms with Crippen LogP contribution in [0.3, 0.4) is 0 Å². The maximum absolute atomic E-state index is 12.8. The summed E-state index contributed by atoms with van der Waals surface area (Å²) >= 11 is 1.43. The van der Waals surface area contributed by atoms with Crippen LogP contribution in [0.5, 0.6) is 5.75 Å². The molecule has 1 aliphatic rings. The van der Waals surface area contributed by atoms with E-state index in [1.165, 1.54) is 11.3 Å². The van der Waals surface area contributed by atoms with Crippen molar-refractivity contribution in [2.75, 3.05) is 54.7 Å². The Hall–Kier alpha value is -4.15. The maximum atomic E-state index is 12.8. The van der Waals surface area contributed by atoms with Crippen LogP contribution in [0.4, 0.5) is 22.2 Å². The first kappa shape index (κ1) is 24.5. The number of benzene rings is 3. The molecular weight excluding hydrogens is 490 g/mol. The molecule has 190 valence electrons. The lowest BCUT2D eigenvalue weighted by atomic mass is 10.1. The summed E-state index contributed by atoms with van der Waals surface area (Å²) in [4.78, 5) is 32.3. The number of nitrogens with two attached hydrogens (primary N) is 1. The van der Waals surface area contributed by atoms with E-state index in [2.05, 4.69) is 20.5 Å². The molecule has 2 heterocycles. The molecule has 0 saturated carbocycles. The fraction of sp³-hybridized carbons (Fsp3) is 0.222. The van der Waals surface area contributed by atoms with Crippen LogP contribution in [-0.4, -0.2) is 50.2 Å². The number of fused-ring (bicyclic) bond motifs is 1. The molecule has 0 radical (unpaired) electrons. The minimum absolute atomic E-state index is 0.150. The van der Waals surface area contributed by atoms with Crippen LogP contribution >= 0.6 is 11.3 Å². The molecule has 3 aromatic carbocycles. The Kier molecular flexibility index (Phi) is 7.20. The molecule has 0 spiro atoms. The fourth-order valence-corrected chi connectivity index (χ4v) is 5.21. The number of nitrogens with one attached hydrogen (secondary N) is 2. The number of para-hydroxylation sites is 2. The molecule has 5 rings (SSSR count). The van der Waals surface area contributed by atoms with Crippen molar-refractivity contribution in [2.45, 2.75) is 6.42 Å². The van der Waals surface area contributed by atoms with Gasteiger partial charge in [-0.3, -0.25) is 9.59 Å². The molecule has 0 bridgehead atoms. The summed E-state index contributed by atoms with van der Waals surface area (Å²) < 4.78 is 12.0. The van der Waals surface area contributed by atoms with Crippen molar-refractivity contribution in [1.29, 1.82) is 0 Å². The summed E-state index contributed by atoms with van der Waals surface area (Å²) in [5.74, 6) is 0.198. The number of methoxy groups -OCH3 is 1. The van der Waals surface area contributed by atoms with Crippen LogP contribution in [-0.2, 0) is 16.0 Å². The highest BCUT2D eigenvalue weighted by atomic mass is 32.1. The first-order valence-electron chi connectivity index (χ1n) is 11.9. The molecular formula is C27H27N5O4S. The van der Waals surface area contributed by atoms with Crippen LogP contribution < -0.4 is 26.0 Å². The standard InChI is InChI=1S/C27H27N5O4S/c1-35-22-11-10-21(32-12-14-36-15-13-32)25-24(22)31-27(37-25)30-23(33)16-17-6-8-18(9-7-17)26(34)29-20-5-3-2-4-19(20)28/h2-11H,12-16,28H2,1H3,(H,29,34)(H,30,31,33). The quantitative estimate of drug-likeness (QED) is 0.315. The average molecular weight is 518 g/mol. The van der Waals surface area contributed by atoms with Crippen molar-refractivity contribution in [1.82, 2.24) is 4.98 Å². The van der Waals surface area contributed by atoms with Gasteiger partial charge in [-0.1, -0.05) is 35.6 Å². The fourth-order valence-electron chi connectivity index (χ4n) is 4.17. The minimum Gasteiger partial charge on any atom is -0.494 e. The van der Waals surface area contributed by atoms with Gasteiger partial charge in [-0.25, -0.2) is 4.98 Å². The predicted molar refractivity (Wildman–Crippen MR) is 147 cm³/mol. The number of carbonyl (C=O) groups excluding carboxylic acids is 2. The summed E-state index contributed by atoms with van der Waals surface area (Å²) in [5.41, 5.74) is 9.98. The third-order valence-electron chi connectivity index (χ3n) is 6.09. The summed E-state index contributed by atoms with van der Waals surface area (Å²) in [6.07, 6.45) is 0.150. The molecule has 1 aromatic heterocycles. The van der Waals surface area contributed by atoms with Crippen molar-refractivity contribution in [2.24, 2.45) is 0 Å². The molecule has 37 heavy (non-hydrogen) atoms. The summed E-state index contributed by atoms with van der Waals surface area (Å²) in [5, 5.41) is 6.22. The lowest BCUT2D eigenvalue weighted by Crippen LogP contribution is -2.36. The predicted octanol–water partition coefficient (Wildman–Crippen LogP) is 4.16. The Morgan fingerprint density at radius 3 is 2.54 bits per heavy atom. The van der Waals surface area contributed by atoms with E-state index in [9.17, 15) is 9.59 Å². The van der Waals surface area contributed by atoms with Gasteiger partial charge >= 0.3 is 0 Å². The van der Waals surface area contributed by atoms with Gasteiger partial charge in [-0.05, 0) is 42.0 Å². The van der Waals surface area contributed by atoms with E-state index in [4.69, 9.17) is 15.2 Å². The molecule has 9 nitrogen and oxygen atoms in total. The van der Waals surface area contributed by atoms with E-state index in [0.717, 1.165) is 34.6 Å². The Balaban J connectivity index is 1.26. The number of morpholine rings is 1. The third kappa shape index (κ3) is 5.50. The number of rotatable bonds is 7. The SMILES string of the molecule is COc1ccc(N2CCOCC2)c2sc(NC(=O)Cc3ccc(C(=O)Nc4ccccc4N)cc3)nc12. The molecule has 0 aliphatic carbocycles. The highest BCUT2D eigenvalue weighted by molar-refractivity contribution is 7.23. The minimum atomic E-state index is -0.270. The lowest BCUT2D eigenvalue weighted by Gasteiger charge is -2.29. The first-order chi connectivity index (χ1) is 18.0. The van der Waals surface area contributed by atoms with Gasteiger partial charge in [0.05, 0.1) is 48.5 Å². The number of aromatic nitrogens is 1. The third-order valence-corrected chi connectivity index (χ3v) is 7.09. The van der Waals surface area contributed by atoms with E-state index in [1.807, 2.05) is 12.1 Å². The van der Waals surface area contributed by atoms with Crippen LogP contribution in [0, 0.1) is 0 Å². The number of hydrogen-bond donors (Lipinski definition) is 3. The van der Waals surface area contributed by atoms with E-state index < -0.39 is 0 Å². The molecule has 0 unspecified atom stereocenters. The lowest BCUT2D eigenvalue weighted by molar-refractivity contribution is -0.115. The summed E-state index contributed by atoms with van der Waals surface area (Å²) in [7, 11) is 1.61. The van der Waals surface area contributed by atoms with Crippen LogP contribution in [0.2, 0.25) is 0 Å². The second-order valence-electron chi connectivity index (χ2n) is 8.55. The number of ether oxygens (including phenoxy) is 2. The first-order valence-corrected chi connectivity index (χ1v) is 12.7. The van der Waals surface area contributed by atoms with Gasteiger partial charge in [0.2, 0.25) is 5.91 Å². The summed E-state index contributed by atoms with van der Waals surface area (Å²) in [6.45, 7) is 2.95. The zero-order chi connectivity index (χ0) is 25.8. The van der Waals surface area contributed by atoms with Crippen LogP contribution in [0.25, 0.3) is 10.2 Å². The Morgan fingerprint density at radius 2 is 1.81 bits per heavy atom. The van der Waals surface area contributed by atoms with Crippen molar-refractivity contribution >= 4 is 55.6 Å². The van der Waals surface area contributed by atoms with Gasteiger partial charge < -0.3 is 30.7 Å². The van der Waals surface area contributed by atoms with Gasteiger partial charge in [0, 0.05) is 18.7 Å². The van der Waals surface area contributed by atoms with Crippen molar-refractivity contribution < 1.29 is 19.1 Å². The number of thiazole rings is 1. The van der Waals surface area contributed by atoms with Crippen LogP contribution in [0.15, 0.2) is 60.7 Å². The largest absolute Gasteiger partial charge is 0.494 e. The normalized spacial score (nSPS) is 13.4. The molecule has 1 fully saturated rings. The zero-order valence-corrected chi connectivity index (χ0v) is 21.1. The maximum Gasteiger partial charge on any atom is 0.255 e. The number of nitrogen functional groups attached to an aromatic ring is 1. The highest BCUT2D eigenvalue weighted by Gasteiger charge is 2.20. The topological polar surface area (TPSA) is 119 Å². The molecule has 1 aliphatic heterocycles. The monoisotopic (exact) mass is 517 g/mol. The van der Waals surface area contributed by atoms with Gasteiger partial charge in [-0.2, -0.15) is 0 Å². The van der Waals surface area contributed by atoms with Gasteiger partial charge in [0.15, 0.2) is 5.13 Å². The number of amides is 2. The van der Waals surface area contributed by atoms with Crippen molar-refractivity contribution in [3.63, 3.8) is 0 Å². The Bertz CT molecular complexity index is 1430. The number of anilines is 4. The number of hydrogen-bond acceptors (Lipinski definition) is 8. The van der Waals surface area contributed by atoms with E-state index >= 15 is 0 Å². The van der Waals surface area contributed by atoms with Gasteiger partial charge in [0.1, 0.15) is 11.3 Å². The zero-order valence-electron chi connectivity index (χ0n) is 20.3. The molecule has 0 atom stereocenters. The summed E-state index contributed by atoms with van der Waals surface area (Å²) in [6, 6.07) is 17.9. The second kappa shape index (κ2) is 10.9. The molecule has 1 saturated heterocycles. The van der Waals surface area contributed by atoms with Gasteiger partial charge in [-0.15, -0.1) is 0 Å². The van der Waals surface area contributed by atoms with Crippen LogP contribution in [0.1, 0.15) is 15.9 Å². The second-order valence-corrected chi connectivity index (χ2v) is 9.55. The Labute approximate surface area is 218 Å². The van der Waals surface area contributed by atoms with E-state index in [1.54, 1.807) is 55.6 Å². The molecule has 4 N–H and O–H groups in total. The Morgan fingerprint density at radius 1 is 1.05 bits per heavy atom. The highest BCUT2D eigenvalue weighted by Crippen LogP contribution is 2.39. The van der Waals surface area contributed by atoms with Gasteiger partial charge in [0.25, 0.3) is 5.91 Å². The molecule has 4 aromatic rings. The molecule has 2 amide bonds. The van der Waals surface area contributed by atoms with E-state index in [-0.39, 0.29) is 18.2 Å². The average Bonchev–Trinajstić information content (AvgIpc) is 3.33. The molecule has 10 heteroatoms. The number of carbonyl (C=O) groups is 2. The van der Waals surface area contributed by atoms with Crippen molar-refractivity contribution in [3.8, 4) is 5.75 Å². The smallest absolute Gasteiger partial charge is 0.255 e.